The van der Waals surface area contributed by atoms with Crippen molar-refractivity contribution >= 4 is 5.91 Å². The van der Waals surface area contributed by atoms with Crippen molar-refractivity contribution < 1.29 is 4.79 Å². The zero-order valence-electron chi connectivity index (χ0n) is 10.3. The lowest BCUT2D eigenvalue weighted by molar-refractivity contribution is -0.123. The van der Waals surface area contributed by atoms with Crippen molar-refractivity contribution in [2.75, 3.05) is 0 Å². The van der Waals surface area contributed by atoms with E-state index in [1.807, 2.05) is 12.1 Å². The summed E-state index contributed by atoms with van der Waals surface area (Å²) in [5.41, 5.74) is 2.48. The van der Waals surface area contributed by atoms with Crippen LogP contribution in [-0.2, 0) is 24.3 Å². The SMILES string of the molecule is O=C(NCc1nn[nH]n1)[C@H]1Cc2ccccc2CN1. The summed E-state index contributed by atoms with van der Waals surface area (Å²) in [6.45, 7) is 1.01. The van der Waals surface area contributed by atoms with Gasteiger partial charge in [-0.3, -0.25) is 4.79 Å². The standard InChI is InChI=1S/C12H14N6O/c19-12(14-7-11-15-17-18-16-11)10-5-8-3-1-2-4-9(8)6-13-10/h1-4,10,13H,5-7H2,(H,14,19)(H,15,16,17,18)/t10-/m1/s1. The molecular formula is C12H14N6O. The maximum absolute atomic E-state index is 12.0. The molecule has 0 aliphatic carbocycles. The second-order valence-electron chi connectivity index (χ2n) is 4.45. The summed E-state index contributed by atoms with van der Waals surface area (Å²) in [5.74, 6) is 0.434. The van der Waals surface area contributed by atoms with Crippen LogP contribution in [0.1, 0.15) is 17.0 Å². The van der Waals surface area contributed by atoms with Gasteiger partial charge in [-0.15, -0.1) is 10.2 Å². The predicted molar refractivity (Wildman–Crippen MR) is 66.8 cm³/mol. The van der Waals surface area contributed by atoms with Gasteiger partial charge >= 0.3 is 0 Å². The first-order valence-corrected chi connectivity index (χ1v) is 6.13. The van der Waals surface area contributed by atoms with E-state index in [1.54, 1.807) is 0 Å². The fraction of sp³-hybridized carbons (Fsp3) is 0.333. The fourth-order valence-corrected chi connectivity index (χ4v) is 2.19. The lowest BCUT2D eigenvalue weighted by Crippen LogP contribution is -2.47. The maximum atomic E-state index is 12.0. The van der Waals surface area contributed by atoms with E-state index in [0.717, 1.165) is 6.54 Å². The summed E-state index contributed by atoms with van der Waals surface area (Å²) in [5, 5.41) is 19.4. The molecule has 1 aliphatic rings. The van der Waals surface area contributed by atoms with Crippen LogP contribution in [-0.4, -0.2) is 32.6 Å². The smallest absolute Gasteiger partial charge is 0.237 e. The summed E-state index contributed by atoms with van der Waals surface area (Å²) >= 11 is 0. The van der Waals surface area contributed by atoms with E-state index >= 15 is 0 Å². The molecule has 7 nitrogen and oxygen atoms in total. The summed E-state index contributed by atoms with van der Waals surface area (Å²) in [4.78, 5) is 12.0. The molecule has 2 heterocycles. The maximum Gasteiger partial charge on any atom is 0.237 e. The second kappa shape index (κ2) is 5.15. The number of hydrogen-bond acceptors (Lipinski definition) is 5. The van der Waals surface area contributed by atoms with Crippen LogP contribution in [0.5, 0.6) is 0 Å². The highest BCUT2D eigenvalue weighted by atomic mass is 16.2. The van der Waals surface area contributed by atoms with Crippen LogP contribution in [0.25, 0.3) is 0 Å². The molecule has 1 amide bonds. The molecule has 3 rings (SSSR count). The Morgan fingerprint density at radius 3 is 3.00 bits per heavy atom. The molecule has 0 bridgehead atoms. The normalized spacial score (nSPS) is 17.8. The molecule has 1 aromatic heterocycles. The van der Waals surface area contributed by atoms with Gasteiger partial charge in [-0.2, -0.15) is 5.21 Å². The van der Waals surface area contributed by atoms with Gasteiger partial charge < -0.3 is 10.6 Å². The van der Waals surface area contributed by atoms with Crippen molar-refractivity contribution in [1.29, 1.82) is 0 Å². The largest absolute Gasteiger partial charge is 0.347 e. The first kappa shape index (κ1) is 11.8. The Morgan fingerprint density at radius 2 is 2.21 bits per heavy atom. The zero-order valence-corrected chi connectivity index (χ0v) is 10.3. The van der Waals surface area contributed by atoms with E-state index in [1.165, 1.54) is 11.1 Å². The Labute approximate surface area is 109 Å². The third kappa shape index (κ3) is 2.60. The van der Waals surface area contributed by atoms with Gasteiger partial charge in [-0.05, 0) is 17.5 Å². The Kier molecular flexibility index (Phi) is 3.20. The highest BCUT2D eigenvalue weighted by molar-refractivity contribution is 5.82. The first-order chi connectivity index (χ1) is 9.33. The molecule has 2 aromatic rings. The van der Waals surface area contributed by atoms with E-state index in [2.05, 4.69) is 43.4 Å². The van der Waals surface area contributed by atoms with Crippen LogP contribution in [0.3, 0.4) is 0 Å². The third-order valence-corrected chi connectivity index (χ3v) is 3.21. The van der Waals surface area contributed by atoms with Crippen LogP contribution in [0.2, 0.25) is 0 Å². The van der Waals surface area contributed by atoms with Crippen molar-refractivity contribution in [2.45, 2.75) is 25.6 Å². The minimum absolute atomic E-state index is 0.0423. The molecule has 98 valence electrons. The summed E-state index contributed by atoms with van der Waals surface area (Å²) in [6, 6.07) is 7.95. The molecule has 0 saturated heterocycles. The predicted octanol–water partition coefficient (Wildman–Crippen LogP) is -0.470. The Balaban J connectivity index is 1.60. The van der Waals surface area contributed by atoms with Gasteiger partial charge in [0.1, 0.15) is 0 Å². The quantitative estimate of drug-likeness (QED) is 0.692. The van der Waals surface area contributed by atoms with Gasteiger partial charge in [0.25, 0.3) is 0 Å². The molecule has 0 unspecified atom stereocenters. The number of H-pyrrole nitrogens is 1. The van der Waals surface area contributed by atoms with Crippen LogP contribution >= 0.6 is 0 Å². The van der Waals surface area contributed by atoms with E-state index in [0.29, 0.717) is 12.2 Å². The van der Waals surface area contributed by atoms with Gasteiger partial charge in [0, 0.05) is 6.54 Å². The number of nitrogens with zero attached hydrogens (tertiary/aromatic N) is 3. The van der Waals surface area contributed by atoms with Gasteiger partial charge in [0.15, 0.2) is 5.82 Å². The highest BCUT2D eigenvalue weighted by Crippen LogP contribution is 2.16. The van der Waals surface area contributed by atoms with Crippen molar-refractivity contribution in [1.82, 2.24) is 31.3 Å². The fourth-order valence-electron chi connectivity index (χ4n) is 2.19. The number of carbonyl (C=O) groups is 1. The van der Waals surface area contributed by atoms with Gasteiger partial charge in [0.2, 0.25) is 5.91 Å². The molecule has 1 aromatic carbocycles. The molecule has 0 radical (unpaired) electrons. The molecule has 7 heteroatoms. The lowest BCUT2D eigenvalue weighted by atomic mass is 9.95. The summed E-state index contributed by atoms with van der Waals surface area (Å²) < 4.78 is 0. The number of aromatic nitrogens is 4. The molecule has 0 spiro atoms. The topological polar surface area (TPSA) is 95.6 Å². The lowest BCUT2D eigenvalue weighted by Gasteiger charge is -2.25. The molecule has 3 N–H and O–H groups in total. The second-order valence-corrected chi connectivity index (χ2v) is 4.45. The van der Waals surface area contributed by atoms with Crippen molar-refractivity contribution in [3.05, 3.63) is 41.2 Å². The molecule has 0 saturated carbocycles. The number of hydrogen-bond donors (Lipinski definition) is 3. The van der Waals surface area contributed by atoms with E-state index in [9.17, 15) is 4.79 Å². The summed E-state index contributed by atoms with van der Waals surface area (Å²) in [7, 11) is 0. The van der Waals surface area contributed by atoms with Gasteiger partial charge in [0.05, 0.1) is 12.6 Å². The minimum atomic E-state index is -0.207. The van der Waals surface area contributed by atoms with E-state index in [4.69, 9.17) is 0 Å². The molecular weight excluding hydrogens is 244 g/mol. The van der Waals surface area contributed by atoms with E-state index < -0.39 is 0 Å². The number of rotatable bonds is 3. The number of nitrogens with one attached hydrogen (secondary N) is 3. The molecule has 1 aliphatic heterocycles. The van der Waals surface area contributed by atoms with Gasteiger partial charge in [-0.1, -0.05) is 29.5 Å². The summed E-state index contributed by atoms with van der Waals surface area (Å²) in [6.07, 6.45) is 0.703. The van der Waals surface area contributed by atoms with Crippen molar-refractivity contribution in [3.8, 4) is 0 Å². The monoisotopic (exact) mass is 258 g/mol. The number of tetrazole rings is 1. The third-order valence-electron chi connectivity index (χ3n) is 3.21. The number of aromatic amines is 1. The highest BCUT2D eigenvalue weighted by Gasteiger charge is 2.23. The zero-order chi connectivity index (χ0) is 13.1. The molecule has 19 heavy (non-hydrogen) atoms. The Hall–Kier alpha value is -2.28. The van der Waals surface area contributed by atoms with Crippen LogP contribution in [0.15, 0.2) is 24.3 Å². The van der Waals surface area contributed by atoms with Crippen molar-refractivity contribution in [3.63, 3.8) is 0 Å². The number of benzene rings is 1. The molecule has 1 atom stereocenters. The first-order valence-electron chi connectivity index (χ1n) is 6.13. The Morgan fingerprint density at radius 1 is 1.37 bits per heavy atom. The van der Waals surface area contributed by atoms with Gasteiger partial charge in [-0.25, -0.2) is 0 Å². The molecule has 0 fully saturated rings. The van der Waals surface area contributed by atoms with Crippen LogP contribution in [0.4, 0.5) is 0 Å². The number of fused-ring (bicyclic) bond motifs is 1. The van der Waals surface area contributed by atoms with E-state index in [-0.39, 0.29) is 18.5 Å². The van der Waals surface area contributed by atoms with Crippen molar-refractivity contribution in [2.24, 2.45) is 0 Å². The Bertz CT molecular complexity index is 567. The minimum Gasteiger partial charge on any atom is -0.347 e. The average Bonchev–Trinajstić information content (AvgIpc) is 2.97. The number of amides is 1. The average molecular weight is 258 g/mol. The number of carbonyl (C=O) groups excluding carboxylic acids is 1. The van der Waals surface area contributed by atoms with Crippen LogP contribution in [0, 0.1) is 0 Å². The van der Waals surface area contributed by atoms with Crippen LogP contribution < -0.4 is 10.6 Å².